The van der Waals surface area contributed by atoms with Crippen LogP contribution >= 0.6 is 0 Å². The molecular weight excluding hydrogens is 282 g/mol. The summed E-state index contributed by atoms with van der Waals surface area (Å²) in [7, 11) is 1.38. The fraction of sp³-hybridized carbons (Fsp3) is 0.545. The summed E-state index contributed by atoms with van der Waals surface area (Å²) in [6, 6.07) is 0. The number of nitrogen functional groups attached to an aromatic ring is 1. The summed E-state index contributed by atoms with van der Waals surface area (Å²) in [5.74, 6) is 0.127. The first-order valence-corrected chi connectivity index (χ1v) is 6.26. The average molecular weight is 297 g/mol. The van der Waals surface area contributed by atoms with Crippen LogP contribution in [-0.2, 0) is 9.47 Å². The summed E-state index contributed by atoms with van der Waals surface area (Å²) in [4.78, 5) is 22.5. The van der Waals surface area contributed by atoms with E-state index in [2.05, 4.69) is 15.0 Å². The van der Waals surface area contributed by atoms with E-state index in [4.69, 9.17) is 15.2 Å². The van der Waals surface area contributed by atoms with Crippen LogP contribution in [0.3, 0.4) is 0 Å². The molecule has 1 aliphatic heterocycles. The van der Waals surface area contributed by atoms with Gasteiger partial charge in [-0.05, 0) is 0 Å². The molecule has 2 aromatic heterocycles. The highest BCUT2D eigenvalue weighted by Gasteiger charge is 2.46. The van der Waals surface area contributed by atoms with E-state index in [-0.39, 0.29) is 17.0 Å². The minimum atomic E-state index is -1.07. The van der Waals surface area contributed by atoms with Crippen LogP contribution in [0.5, 0.6) is 0 Å². The normalized spacial score (nSPS) is 29.3. The van der Waals surface area contributed by atoms with Gasteiger partial charge >= 0.3 is 5.69 Å². The molecule has 0 bridgehead atoms. The van der Waals surface area contributed by atoms with Gasteiger partial charge in [-0.1, -0.05) is 0 Å². The van der Waals surface area contributed by atoms with Crippen molar-refractivity contribution in [2.45, 2.75) is 24.5 Å². The molecule has 3 heterocycles. The quantitative estimate of drug-likeness (QED) is 0.506. The number of aliphatic hydroxyl groups excluding tert-OH is 2. The third-order valence-electron chi connectivity index (χ3n) is 3.55. The zero-order chi connectivity index (χ0) is 15.1. The van der Waals surface area contributed by atoms with Gasteiger partial charge in [0.2, 0.25) is 0 Å². The van der Waals surface area contributed by atoms with E-state index in [1.54, 1.807) is 0 Å². The summed E-state index contributed by atoms with van der Waals surface area (Å²) in [6.45, 7) is -0.397. The molecule has 1 saturated heterocycles. The van der Waals surface area contributed by atoms with Crippen molar-refractivity contribution in [2.75, 3.05) is 19.5 Å². The van der Waals surface area contributed by atoms with Crippen molar-refractivity contribution >= 4 is 17.0 Å². The fourth-order valence-corrected chi connectivity index (χ4v) is 2.52. The second kappa shape index (κ2) is 5.07. The van der Waals surface area contributed by atoms with E-state index < -0.39 is 36.8 Å². The van der Waals surface area contributed by atoms with Crippen LogP contribution in [-0.4, -0.2) is 61.8 Å². The number of rotatable bonds is 3. The Morgan fingerprint density at radius 3 is 3.00 bits per heavy atom. The maximum Gasteiger partial charge on any atom is 0.330 e. The van der Waals surface area contributed by atoms with Gasteiger partial charge in [0.05, 0.1) is 6.61 Å². The molecule has 1 unspecified atom stereocenters. The van der Waals surface area contributed by atoms with Crippen LogP contribution in [0.25, 0.3) is 11.2 Å². The lowest BCUT2D eigenvalue weighted by molar-refractivity contribution is -0.0598. The van der Waals surface area contributed by atoms with Crippen molar-refractivity contribution in [3.05, 3.63) is 16.8 Å². The summed E-state index contributed by atoms with van der Waals surface area (Å²) < 4.78 is 11.9. The van der Waals surface area contributed by atoms with Gasteiger partial charge in [0.25, 0.3) is 0 Å². The highest BCUT2D eigenvalue weighted by Crippen LogP contribution is 2.32. The lowest BCUT2D eigenvalue weighted by atomic mass is 10.1. The summed E-state index contributed by atoms with van der Waals surface area (Å²) in [6.07, 6.45) is -2.46. The Kier molecular flexibility index (Phi) is 3.37. The number of H-pyrrole nitrogens is 1. The predicted molar refractivity (Wildman–Crippen MR) is 70.4 cm³/mol. The molecule has 2 aromatic rings. The lowest BCUT2D eigenvalue weighted by Crippen LogP contribution is -2.36. The first kappa shape index (κ1) is 13.9. The Balaban J connectivity index is 2.14. The summed E-state index contributed by atoms with van der Waals surface area (Å²) in [5, 5.41) is 19.3. The maximum absolute atomic E-state index is 12.1. The van der Waals surface area contributed by atoms with Crippen LogP contribution < -0.4 is 11.4 Å². The highest BCUT2D eigenvalue weighted by atomic mass is 16.6. The largest absolute Gasteiger partial charge is 0.394 e. The number of hydrogen-bond acceptors (Lipinski definition) is 8. The second-order valence-electron chi connectivity index (χ2n) is 4.70. The third-order valence-corrected chi connectivity index (χ3v) is 3.55. The lowest BCUT2D eigenvalue weighted by Gasteiger charge is -2.19. The van der Waals surface area contributed by atoms with Crippen LogP contribution in [0.1, 0.15) is 6.23 Å². The molecule has 10 nitrogen and oxygen atoms in total. The third kappa shape index (κ3) is 2.00. The van der Waals surface area contributed by atoms with Gasteiger partial charge in [0.1, 0.15) is 30.2 Å². The maximum atomic E-state index is 12.1. The molecule has 0 aliphatic carbocycles. The number of nitrogens with one attached hydrogen (secondary N) is 1. The number of methoxy groups -OCH3 is 1. The molecule has 0 saturated carbocycles. The van der Waals surface area contributed by atoms with E-state index >= 15 is 0 Å². The van der Waals surface area contributed by atoms with Crippen molar-refractivity contribution in [1.29, 1.82) is 0 Å². The number of aliphatic hydroxyl groups is 2. The number of hydrogen-bond donors (Lipinski definition) is 4. The minimum Gasteiger partial charge on any atom is -0.394 e. The standard InChI is InChI=1S/C11H15N5O5/c1-20-7-6(18)4(2-17)21-10(7)16-9-5(15-11(16)19)8(12)13-3-14-9/h3-4,6-7,10,17-18H,2H2,1H3,(H,15,19)(H2,12,13,14)/t4-,6+,7?,10-/m1/s1. The smallest absolute Gasteiger partial charge is 0.330 e. The van der Waals surface area contributed by atoms with E-state index in [0.717, 1.165) is 0 Å². The van der Waals surface area contributed by atoms with Gasteiger partial charge < -0.3 is 30.4 Å². The van der Waals surface area contributed by atoms with Gasteiger partial charge in [-0.2, -0.15) is 0 Å². The van der Waals surface area contributed by atoms with Crippen LogP contribution in [0, 0.1) is 0 Å². The summed E-state index contributed by atoms with van der Waals surface area (Å²) in [5.41, 5.74) is 5.69. The Morgan fingerprint density at radius 1 is 1.57 bits per heavy atom. The van der Waals surface area contributed by atoms with Crippen molar-refractivity contribution in [3.8, 4) is 0 Å². The Hall–Kier alpha value is -2.01. The highest BCUT2D eigenvalue weighted by molar-refractivity contribution is 5.81. The van der Waals surface area contributed by atoms with Crippen molar-refractivity contribution < 1.29 is 19.7 Å². The van der Waals surface area contributed by atoms with E-state index in [9.17, 15) is 15.0 Å². The Morgan fingerprint density at radius 2 is 2.33 bits per heavy atom. The molecule has 1 fully saturated rings. The van der Waals surface area contributed by atoms with Crippen LogP contribution in [0.15, 0.2) is 11.1 Å². The molecule has 4 atom stereocenters. The zero-order valence-electron chi connectivity index (χ0n) is 11.1. The van der Waals surface area contributed by atoms with Gasteiger partial charge in [-0.25, -0.2) is 19.3 Å². The summed E-state index contributed by atoms with van der Waals surface area (Å²) >= 11 is 0. The second-order valence-corrected chi connectivity index (χ2v) is 4.70. The molecule has 0 radical (unpaired) electrons. The van der Waals surface area contributed by atoms with Gasteiger partial charge in [-0.15, -0.1) is 0 Å². The molecule has 114 valence electrons. The number of anilines is 1. The topological polar surface area (TPSA) is 149 Å². The predicted octanol–water partition coefficient (Wildman–Crippen LogP) is -2.03. The molecule has 5 N–H and O–H groups in total. The molecule has 1 aliphatic rings. The van der Waals surface area contributed by atoms with Crippen molar-refractivity contribution in [2.24, 2.45) is 0 Å². The monoisotopic (exact) mass is 297 g/mol. The Labute approximate surface area is 118 Å². The Bertz CT molecular complexity index is 713. The molecular formula is C11H15N5O5. The molecule has 0 spiro atoms. The van der Waals surface area contributed by atoms with E-state index in [1.165, 1.54) is 18.0 Å². The zero-order valence-corrected chi connectivity index (χ0v) is 11.1. The van der Waals surface area contributed by atoms with E-state index in [0.29, 0.717) is 0 Å². The van der Waals surface area contributed by atoms with Crippen LogP contribution in [0.4, 0.5) is 5.82 Å². The SMILES string of the molecule is COC1[C@@H](O)[C@@H](CO)O[C@H]1n1c(=O)[nH]c2c(N)ncnc21. The van der Waals surface area contributed by atoms with Gasteiger partial charge in [0, 0.05) is 7.11 Å². The molecule has 10 heteroatoms. The fourth-order valence-electron chi connectivity index (χ4n) is 2.52. The molecule has 0 amide bonds. The minimum absolute atomic E-state index is 0.127. The number of imidazole rings is 1. The van der Waals surface area contributed by atoms with Gasteiger partial charge in [-0.3, -0.25) is 0 Å². The number of aromatic nitrogens is 4. The number of nitrogens with zero attached hydrogens (tertiary/aromatic N) is 3. The first-order valence-electron chi connectivity index (χ1n) is 6.26. The van der Waals surface area contributed by atoms with Crippen molar-refractivity contribution in [3.63, 3.8) is 0 Å². The number of ether oxygens (including phenoxy) is 2. The van der Waals surface area contributed by atoms with E-state index in [1.807, 2.05) is 0 Å². The van der Waals surface area contributed by atoms with Gasteiger partial charge in [0.15, 0.2) is 17.7 Å². The van der Waals surface area contributed by atoms with Crippen LogP contribution in [0.2, 0.25) is 0 Å². The first-order chi connectivity index (χ1) is 10.1. The molecule has 21 heavy (non-hydrogen) atoms. The average Bonchev–Trinajstić information content (AvgIpc) is 2.96. The van der Waals surface area contributed by atoms with Crippen molar-refractivity contribution in [1.82, 2.24) is 19.5 Å². The number of nitrogens with two attached hydrogens (primary N) is 1. The number of fused-ring (bicyclic) bond motifs is 1. The number of aromatic amines is 1. The molecule has 0 aromatic carbocycles. The molecule has 3 rings (SSSR count).